The lowest BCUT2D eigenvalue weighted by Crippen LogP contribution is -2.24. The summed E-state index contributed by atoms with van der Waals surface area (Å²) in [4.78, 5) is 13.1. The fraction of sp³-hybridized carbons (Fsp3) is 0.333. The molecule has 2 N–H and O–H groups in total. The molecule has 3 aromatic rings. The fourth-order valence-corrected chi connectivity index (χ4v) is 3.12. The van der Waals surface area contributed by atoms with Crippen molar-refractivity contribution in [2.75, 3.05) is 12.4 Å². The van der Waals surface area contributed by atoms with Gasteiger partial charge >= 0.3 is 0 Å². The highest BCUT2D eigenvalue weighted by Gasteiger charge is 2.25. The number of carbonyl (C=O) groups excluding carboxylic acids is 1. The second kappa shape index (κ2) is 6.08. The van der Waals surface area contributed by atoms with Crippen LogP contribution in [0.25, 0.3) is 10.1 Å². The second-order valence-electron chi connectivity index (χ2n) is 6.04. The average Bonchev–Trinajstić information content (AvgIpc) is 3.13. The Labute approximate surface area is 142 Å². The Morgan fingerprint density at radius 3 is 2.75 bits per heavy atom. The normalized spacial score (nSPS) is 11.5. The number of aromatic amines is 1. The molecule has 0 unspecified atom stereocenters. The molecule has 0 bridgehead atoms. The number of aromatic nitrogens is 4. The third-order valence-electron chi connectivity index (χ3n) is 3.04. The summed E-state index contributed by atoms with van der Waals surface area (Å²) in [5, 5.41) is 16.5. The van der Waals surface area contributed by atoms with Crippen molar-refractivity contribution in [3.05, 3.63) is 23.1 Å². The molecule has 0 radical (unpaired) electrons. The number of H-pyrrole nitrogens is 1. The van der Waals surface area contributed by atoms with Crippen LogP contribution in [0.3, 0.4) is 0 Å². The van der Waals surface area contributed by atoms with Crippen molar-refractivity contribution in [3.8, 4) is 11.5 Å². The Hall–Kier alpha value is -2.68. The SMILES string of the molecule is COc1ccc2sc(C(=O)Nc3nnn[nH]3)c(OC(C)(C)C)c2c1. The minimum absolute atomic E-state index is 0.178. The first-order valence-corrected chi connectivity index (χ1v) is 8.03. The molecular formula is C15H17N5O3S. The van der Waals surface area contributed by atoms with Gasteiger partial charge in [0.25, 0.3) is 5.91 Å². The standard InChI is InChI=1S/C15H17N5O3S/c1-15(2,3)23-11-9-7-8(22-4)5-6-10(9)24-12(11)13(21)16-14-17-19-20-18-14/h5-7H,1-4H3,(H2,16,17,18,19,20,21). The third kappa shape index (κ3) is 3.30. The van der Waals surface area contributed by atoms with Gasteiger partial charge in [-0.05, 0) is 49.4 Å². The van der Waals surface area contributed by atoms with Crippen molar-refractivity contribution in [1.29, 1.82) is 0 Å². The number of anilines is 1. The lowest BCUT2D eigenvalue weighted by Gasteiger charge is -2.21. The van der Waals surface area contributed by atoms with Gasteiger partial charge in [0.15, 0.2) is 5.75 Å². The van der Waals surface area contributed by atoms with Gasteiger partial charge in [0.1, 0.15) is 16.2 Å². The zero-order valence-electron chi connectivity index (χ0n) is 13.7. The monoisotopic (exact) mass is 347 g/mol. The average molecular weight is 347 g/mol. The van der Waals surface area contributed by atoms with E-state index in [0.29, 0.717) is 16.4 Å². The number of nitrogens with one attached hydrogen (secondary N) is 2. The quantitative estimate of drug-likeness (QED) is 0.752. The molecule has 0 aliphatic rings. The van der Waals surface area contributed by atoms with Crippen LogP contribution >= 0.6 is 11.3 Å². The Kier molecular flexibility index (Phi) is 4.10. The molecule has 0 aliphatic heterocycles. The molecule has 0 aliphatic carbocycles. The van der Waals surface area contributed by atoms with Crippen LogP contribution < -0.4 is 14.8 Å². The zero-order chi connectivity index (χ0) is 17.3. The topological polar surface area (TPSA) is 102 Å². The fourth-order valence-electron chi connectivity index (χ4n) is 2.11. The molecule has 0 saturated carbocycles. The van der Waals surface area contributed by atoms with Gasteiger partial charge in [0.05, 0.1) is 7.11 Å². The van der Waals surface area contributed by atoms with Crippen LogP contribution in [0.5, 0.6) is 11.5 Å². The molecule has 3 rings (SSSR count). The Balaban J connectivity index is 2.07. The van der Waals surface area contributed by atoms with Gasteiger partial charge < -0.3 is 9.47 Å². The summed E-state index contributed by atoms with van der Waals surface area (Å²) in [6.07, 6.45) is 0. The lowest BCUT2D eigenvalue weighted by atomic mass is 10.1. The predicted octanol–water partition coefficient (Wildman–Crippen LogP) is 2.85. The van der Waals surface area contributed by atoms with Crippen LogP contribution in [-0.2, 0) is 0 Å². The minimum Gasteiger partial charge on any atom is -0.497 e. The largest absolute Gasteiger partial charge is 0.497 e. The number of hydrogen-bond acceptors (Lipinski definition) is 7. The van der Waals surface area contributed by atoms with Crippen molar-refractivity contribution in [3.63, 3.8) is 0 Å². The number of nitrogens with zero attached hydrogens (tertiary/aromatic N) is 3. The Morgan fingerprint density at radius 1 is 1.33 bits per heavy atom. The van der Waals surface area contributed by atoms with E-state index in [1.54, 1.807) is 7.11 Å². The van der Waals surface area contributed by atoms with Gasteiger partial charge in [-0.25, -0.2) is 5.10 Å². The summed E-state index contributed by atoms with van der Waals surface area (Å²) in [5.74, 6) is 1.06. The van der Waals surface area contributed by atoms with Crippen LogP contribution in [0.2, 0.25) is 0 Å². The van der Waals surface area contributed by atoms with Gasteiger partial charge in [-0.1, -0.05) is 5.10 Å². The molecule has 2 heterocycles. The Morgan fingerprint density at radius 2 is 2.12 bits per heavy atom. The number of fused-ring (bicyclic) bond motifs is 1. The number of thiophene rings is 1. The molecular weight excluding hydrogens is 330 g/mol. The van der Waals surface area contributed by atoms with Crippen LogP contribution in [-0.4, -0.2) is 39.2 Å². The molecule has 0 spiro atoms. The first-order valence-electron chi connectivity index (χ1n) is 7.22. The number of hydrogen-bond donors (Lipinski definition) is 2. The number of tetrazole rings is 1. The van der Waals surface area contributed by atoms with Crippen molar-refractivity contribution < 1.29 is 14.3 Å². The second-order valence-corrected chi connectivity index (χ2v) is 7.09. The van der Waals surface area contributed by atoms with E-state index in [0.717, 1.165) is 10.1 Å². The maximum atomic E-state index is 12.6. The summed E-state index contributed by atoms with van der Waals surface area (Å²) in [6.45, 7) is 5.79. The minimum atomic E-state index is -0.458. The molecule has 0 saturated heterocycles. The van der Waals surface area contributed by atoms with Crippen molar-refractivity contribution in [1.82, 2.24) is 20.6 Å². The summed E-state index contributed by atoms with van der Waals surface area (Å²) >= 11 is 1.34. The van der Waals surface area contributed by atoms with E-state index in [4.69, 9.17) is 9.47 Å². The Bertz CT molecular complexity index is 867. The summed E-state index contributed by atoms with van der Waals surface area (Å²) in [7, 11) is 1.60. The molecule has 0 fully saturated rings. The van der Waals surface area contributed by atoms with Gasteiger partial charge in [-0.2, -0.15) is 0 Å². The van der Waals surface area contributed by atoms with Crippen molar-refractivity contribution in [2.24, 2.45) is 0 Å². The molecule has 0 atom stereocenters. The number of amides is 1. The molecule has 1 amide bonds. The van der Waals surface area contributed by atoms with Gasteiger partial charge in [-0.3, -0.25) is 10.1 Å². The summed E-state index contributed by atoms with van der Waals surface area (Å²) in [6, 6.07) is 5.61. The van der Waals surface area contributed by atoms with Gasteiger partial charge in [0, 0.05) is 10.1 Å². The number of benzene rings is 1. The highest BCUT2D eigenvalue weighted by molar-refractivity contribution is 7.21. The van der Waals surface area contributed by atoms with E-state index in [1.807, 2.05) is 39.0 Å². The van der Waals surface area contributed by atoms with E-state index in [1.165, 1.54) is 11.3 Å². The number of carbonyl (C=O) groups is 1. The number of ether oxygens (including phenoxy) is 2. The van der Waals surface area contributed by atoms with Crippen LogP contribution in [0.15, 0.2) is 18.2 Å². The van der Waals surface area contributed by atoms with E-state index in [2.05, 4.69) is 25.9 Å². The molecule has 126 valence electrons. The lowest BCUT2D eigenvalue weighted by molar-refractivity contribution is 0.101. The molecule has 24 heavy (non-hydrogen) atoms. The molecule has 9 heteroatoms. The number of rotatable bonds is 4. The summed E-state index contributed by atoms with van der Waals surface area (Å²) < 4.78 is 12.3. The third-order valence-corrected chi connectivity index (χ3v) is 4.19. The molecule has 8 nitrogen and oxygen atoms in total. The van der Waals surface area contributed by atoms with E-state index < -0.39 is 5.60 Å². The van der Waals surface area contributed by atoms with Gasteiger partial charge in [0.2, 0.25) is 5.95 Å². The van der Waals surface area contributed by atoms with Crippen LogP contribution in [0.1, 0.15) is 30.4 Å². The highest BCUT2D eigenvalue weighted by Crippen LogP contribution is 2.41. The van der Waals surface area contributed by atoms with E-state index in [9.17, 15) is 4.79 Å². The summed E-state index contributed by atoms with van der Waals surface area (Å²) in [5.41, 5.74) is -0.458. The van der Waals surface area contributed by atoms with Crippen LogP contribution in [0, 0.1) is 0 Å². The van der Waals surface area contributed by atoms with E-state index in [-0.39, 0.29) is 11.9 Å². The van der Waals surface area contributed by atoms with Crippen molar-refractivity contribution >= 4 is 33.3 Å². The first kappa shape index (κ1) is 16.2. The van der Waals surface area contributed by atoms with Crippen molar-refractivity contribution in [2.45, 2.75) is 26.4 Å². The highest BCUT2D eigenvalue weighted by atomic mass is 32.1. The smallest absolute Gasteiger partial charge is 0.271 e. The van der Waals surface area contributed by atoms with Gasteiger partial charge in [-0.15, -0.1) is 11.3 Å². The first-order chi connectivity index (χ1) is 11.4. The predicted molar refractivity (Wildman–Crippen MR) is 90.9 cm³/mol. The molecule has 1 aromatic carbocycles. The zero-order valence-corrected chi connectivity index (χ0v) is 14.5. The molecule has 2 aromatic heterocycles. The maximum absolute atomic E-state index is 12.6. The van der Waals surface area contributed by atoms with E-state index >= 15 is 0 Å². The maximum Gasteiger partial charge on any atom is 0.271 e. The van der Waals surface area contributed by atoms with Crippen LogP contribution in [0.4, 0.5) is 5.95 Å². The number of methoxy groups -OCH3 is 1.